The Labute approximate surface area is 214 Å². The minimum Gasteiger partial charge on any atom is -0.497 e. The summed E-state index contributed by atoms with van der Waals surface area (Å²) in [6.07, 6.45) is 1.61. The molecule has 1 aliphatic rings. The van der Waals surface area contributed by atoms with E-state index >= 15 is 0 Å². The number of benzene rings is 1. The van der Waals surface area contributed by atoms with E-state index in [-0.39, 0.29) is 30.1 Å². The van der Waals surface area contributed by atoms with Crippen LogP contribution in [0.2, 0.25) is 0 Å². The molecule has 9 heteroatoms. The van der Waals surface area contributed by atoms with Gasteiger partial charge in [-0.15, -0.1) is 10.2 Å². The van der Waals surface area contributed by atoms with Gasteiger partial charge in [0.1, 0.15) is 12.3 Å². The lowest BCUT2D eigenvalue weighted by Gasteiger charge is -2.33. The van der Waals surface area contributed by atoms with E-state index in [1.807, 2.05) is 75.9 Å². The number of methoxy groups -OCH3 is 1. The van der Waals surface area contributed by atoms with Gasteiger partial charge < -0.3 is 24.8 Å². The van der Waals surface area contributed by atoms with Gasteiger partial charge >= 0.3 is 6.03 Å². The number of aromatic nitrogens is 2. The third kappa shape index (κ3) is 7.32. The highest BCUT2D eigenvalue weighted by molar-refractivity contribution is 5.84. The minimum atomic E-state index is -0.362. The monoisotopic (exact) mass is 496 g/mol. The molecule has 0 spiro atoms. The summed E-state index contributed by atoms with van der Waals surface area (Å²) in [6.45, 7) is 12.6. The van der Waals surface area contributed by atoms with Gasteiger partial charge in [0.25, 0.3) is 0 Å². The van der Waals surface area contributed by atoms with Crippen LogP contribution in [-0.4, -0.2) is 83.3 Å². The second-order valence-corrected chi connectivity index (χ2v) is 10.3. The molecule has 1 saturated heterocycles. The topological polar surface area (TPSA) is 90.9 Å². The van der Waals surface area contributed by atoms with Crippen LogP contribution in [0.3, 0.4) is 0 Å². The van der Waals surface area contributed by atoms with Crippen molar-refractivity contribution in [2.24, 2.45) is 0 Å². The first-order valence-corrected chi connectivity index (χ1v) is 12.7. The molecule has 36 heavy (non-hydrogen) atoms. The average molecular weight is 497 g/mol. The van der Waals surface area contributed by atoms with Crippen molar-refractivity contribution in [3.63, 3.8) is 0 Å². The number of carbonyl (C=O) groups is 2. The van der Waals surface area contributed by atoms with Gasteiger partial charge in [-0.25, -0.2) is 4.79 Å². The predicted molar refractivity (Wildman–Crippen MR) is 142 cm³/mol. The van der Waals surface area contributed by atoms with Gasteiger partial charge in [-0.1, -0.05) is 6.92 Å². The standard InChI is InChI=1S/C27H40N6O3/c1-7-20(2)33(26(35)28-27(3,4)5)19-25(34)32-16-8-15-31(17-18-32)24-14-13-23(29-30-24)21-9-11-22(36-6)12-10-21/h9-14,20H,7-8,15-19H2,1-6H3,(H,28,35)/t20-/m1/s1. The molecule has 1 fully saturated rings. The third-order valence-electron chi connectivity index (χ3n) is 6.38. The predicted octanol–water partition coefficient (Wildman–Crippen LogP) is 3.80. The van der Waals surface area contributed by atoms with E-state index in [0.717, 1.165) is 42.2 Å². The molecule has 1 aromatic heterocycles. The van der Waals surface area contributed by atoms with Gasteiger partial charge in [0, 0.05) is 43.3 Å². The molecule has 1 N–H and O–H groups in total. The molecule has 3 rings (SSSR count). The summed E-state index contributed by atoms with van der Waals surface area (Å²) >= 11 is 0. The maximum atomic E-state index is 13.2. The molecule has 2 heterocycles. The van der Waals surface area contributed by atoms with Crippen LogP contribution in [0.4, 0.5) is 10.6 Å². The van der Waals surface area contributed by atoms with Gasteiger partial charge in [0.15, 0.2) is 5.82 Å². The van der Waals surface area contributed by atoms with Crippen molar-refractivity contribution in [2.75, 3.05) is 44.7 Å². The quantitative estimate of drug-likeness (QED) is 0.627. The molecule has 1 aromatic carbocycles. The molecule has 2 aromatic rings. The molecule has 1 aliphatic heterocycles. The first-order chi connectivity index (χ1) is 17.1. The second kappa shape index (κ2) is 12.1. The number of nitrogens with zero attached hydrogens (tertiary/aromatic N) is 5. The first-order valence-electron chi connectivity index (χ1n) is 12.7. The van der Waals surface area contributed by atoms with Crippen LogP contribution in [0, 0.1) is 0 Å². The van der Waals surface area contributed by atoms with Gasteiger partial charge in [0.05, 0.1) is 12.8 Å². The maximum Gasteiger partial charge on any atom is 0.318 e. The zero-order chi connectivity index (χ0) is 26.3. The van der Waals surface area contributed by atoms with Crippen LogP contribution >= 0.6 is 0 Å². The fraction of sp³-hybridized carbons (Fsp3) is 0.556. The SMILES string of the molecule is CC[C@@H](C)N(CC(=O)N1CCCN(c2ccc(-c3ccc(OC)cc3)nn2)CC1)C(=O)NC(C)(C)C. The normalized spacial score (nSPS) is 15.2. The molecule has 0 aliphatic carbocycles. The Morgan fingerprint density at radius 2 is 1.78 bits per heavy atom. The Hall–Kier alpha value is -3.36. The zero-order valence-electron chi connectivity index (χ0n) is 22.5. The van der Waals surface area contributed by atoms with E-state index in [0.29, 0.717) is 19.6 Å². The van der Waals surface area contributed by atoms with Crippen LogP contribution in [0.1, 0.15) is 47.5 Å². The van der Waals surface area contributed by atoms with Gasteiger partial charge in [-0.2, -0.15) is 0 Å². The maximum absolute atomic E-state index is 13.2. The summed E-state index contributed by atoms with van der Waals surface area (Å²) in [5, 5.41) is 11.9. The number of hydrogen-bond donors (Lipinski definition) is 1. The Balaban J connectivity index is 1.61. The van der Waals surface area contributed by atoms with E-state index in [4.69, 9.17) is 4.74 Å². The van der Waals surface area contributed by atoms with Gasteiger partial charge in [0.2, 0.25) is 5.91 Å². The largest absolute Gasteiger partial charge is 0.497 e. The highest BCUT2D eigenvalue weighted by atomic mass is 16.5. The van der Waals surface area contributed by atoms with Gasteiger partial charge in [-0.05, 0) is 76.9 Å². The number of nitrogens with one attached hydrogen (secondary N) is 1. The number of rotatable bonds is 7. The lowest BCUT2D eigenvalue weighted by atomic mass is 10.1. The Kier molecular flexibility index (Phi) is 9.12. The van der Waals surface area contributed by atoms with E-state index in [1.54, 1.807) is 12.0 Å². The summed E-state index contributed by atoms with van der Waals surface area (Å²) < 4.78 is 5.22. The summed E-state index contributed by atoms with van der Waals surface area (Å²) in [5.74, 6) is 1.57. The number of anilines is 1. The Bertz CT molecular complexity index is 1000. The van der Waals surface area contributed by atoms with Crippen molar-refractivity contribution in [3.8, 4) is 17.0 Å². The van der Waals surface area contributed by atoms with Crippen LogP contribution in [0.15, 0.2) is 36.4 Å². The third-order valence-corrected chi connectivity index (χ3v) is 6.38. The van der Waals surface area contributed by atoms with Crippen molar-refractivity contribution < 1.29 is 14.3 Å². The molecule has 0 radical (unpaired) electrons. The Morgan fingerprint density at radius 1 is 1.06 bits per heavy atom. The van der Waals surface area contributed by atoms with Crippen LogP contribution in [-0.2, 0) is 4.79 Å². The number of ether oxygens (including phenoxy) is 1. The van der Waals surface area contributed by atoms with Crippen LogP contribution in [0.5, 0.6) is 5.75 Å². The number of carbonyl (C=O) groups excluding carboxylic acids is 2. The lowest BCUT2D eigenvalue weighted by Crippen LogP contribution is -2.54. The zero-order valence-corrected chi connectivity index (χ0v) is 22.5. The fourth-order valence-corrected chi connectivity index (χ4v) is 4.09. The molecule has 3 amide bonds. The molecular weight excluding hydrogens is 456 g/mol. The van der Waals surface area contributed by atoms with Crippen LogP contribution < -0.4 is 15.0 Å². The molecular formula is C27H40N6O3. The molecule has 0 unspecified atom stereocenters. The summed E-state index contributed by atoms with van der Waals surface area (Å²) in [7, 11) is 1.64. The molecule has 196 valence electrons. The number of urea groups is 1. The summed E-state index contributed by atoms with van der Waals surface area (Å²) in [6, 6.07) is 11.4. The lowest BCUT2D eigenvalue weighted by molar-refractivity contribution is -0.132. The van der Waals surface area contributed by atoms with E-state index in [2.05, 4.69) is 20.4 Å². The second-order valence-electron chi connectivity index (χ2n) is 10.3. The van der Waals surface area contributed by atoms with E-state index in [1.165, 1.54) is 0 Å². The molecule has 0 bridgehead atoms. The van der Waals surface area contributed by atoms with E-state index in [9.17, 15) is 9.59 Å². The minimum absolute atomic E-state index is 0.0258. The van der Waals surface area contributed by atoms with Crippen molar-refractivity contribution in [2.45, 2.75) is 59.0 Å². The number of hydrogen-bond acceptors (Lipinski definition) is 6. The summed E-state index contributed by atoms with van der Waals surface area (Å²) in [4.78, 5) is 31.7. The average Bonchev–Trinajstić information content (AvgIpc) is 3.12. The highest BCUT2D eigenvalue weighted by Gasteiger charge is 2.28. The van der Waals surface area contributed by atoms with Crippen molar-refractivity contribution in [1.82, 2.24) is 25.3 Å². The fourth-order valence-electron chi connectivity index (χ4n) is 4.09. The van der Waals surface area contributed by atoms with Crippen molar-refractivity contribution >= 4 is 17.8 Å². The Morgan fingerprint density at radius 3 is 2.36 bits per heavy atom. The molecule has 9 nitrogen and oxygen atoms in total. The summed E-state index contributed by atoms with van der Waals surface area (Å²) in [5.41, 5.74) is 1.41. The molecule has 1 atom stereocenters. The van der Waals surface area contributed by atoms with E-state index < -0.39 is 0 Å². The van der Waals surface area contributed by atoms with Crippen molar-refractivity contribution in [3.05, 3.63) is 36.4 Å². The highest BCUT2D eigenvalue weighted by Crippen LogP contribution is 2.22. The smallest absolute Gasteiger partial charge is 0.318 e. The van der Waals surface area contributed by atoms with Gasteiger partial charge in [-0.3, -0.25) is 4.79 Å². The molecule has 0 saturated carbocycles. The van der Waals surface area contributed by atoms with Crippen molar-refractivity contribution in [1.29, 1.82) is 0 Å². The van der Waals surface area contributed by atoms with Crippen LogP contribution in [0.25, 0.3) is 11.3 Å². The first kappa shape index (κ1) is 27.2. The number of amides is 3.